The smallest absolute Gasteiger partial charge is 0.282 e. The van der Waals surface area contributed by atoms with Gasteiger partial charge in [0.05, 0.1) is 11.7 Å². The van der Waals surface area contributed by atoms with Crippen molar-refractivity contribution in [3.05, 3.63) is 36.4 Å². The van der Waals surface area contributed by atoms with Crippen LogP contribution in [0.25, 0.3) is 10.8 Å². The Morgan fingerprint density at radius 3 is 2.32 bits per heavy atom. The van der Waals surface area contributed by atoms with E-state index in [0.29, 0.717) is 16.5 Å². The molecule has 100 valence electrons. The molecule has 2 aromatic carbocycles. The first-order valence-electron chi connectivity index (χ1n) is 5.79. The van der Waals surface area contributed by atoms with Crippen molar-refractivity contribution in [3.8, 4) is 0 Å². The maximum Gasteiger partial charge on any atom is 0.295 e. The van der Waals surface area contributed by atoms with Gasteiger partial charge in [-0.25, -0.2) is 0 Å². The van der Waals surface area contributed by atoms with E-state index < -0.39 is 10.1 Å². The summed E-state index contributed by atoms with van der Waals surface area (Å²) in [6.07, 6.45) is 0. The Balaban J connectivity index is 2.79. The summed E-state index contributed by atoms with van der Waals surface area (Å²) in [5, 5.41) is 9.15. The van der Waals surface area contributed by atoms with Gasteiger partial charge in [0.2, 0.25) is 0 Å². The largest absolute Gasteiger partial charge is 0.295 e. The second kappa shape index (κ2) is 5.07. The van der Waals surface area contributed by atoms with Crippen LogP contribution in [-0.4, -0.2) is 19.0 Å². The van der Waals surface area contributed by atoms with E-state index in [2.05, 4.69) is 10.2 Å². The Hall–Kier alpha value is -1.79. The van der Waals surface area contributed by atoms with Gasteiger partial charge in [-0.2, -0.15) is 18.6 Å². The van der Waals surface area contributed by atoms with Crippen molar-refractivity contribution >= 4 is 26.6 Å². The molecule has 0 saturated carbocycles. The molecule has 0 aliphatic rings. The highest BCUT2D eigenvalue weighted by molar-refractivity contribution is 7.86. The number of hydrogen-bond acceptors (Lipinski definition) is 4. The molecule has 0 amide bonds. The molecule has 1 N–H and O–H groups in total. The van der Waals surface area contributed by atoms with Gasteiger partial charge in [0.1, 0.15) is 4.90 Å². The molecule has 2 rings (SSSR count). The zero-order valence-electron chi connectivity index (χ0n) is 10.6. The highest BCUT2D eigenvalue weighted by Crippen LogP contribution is 2.32. The van der Waals surface area contributed by atoms with Gasteiger partial charge < -0.3 is 0 Å². The summed E-state index contributed by atoms with van der Waals surface area (Å²) in [7, 11) is -4.29. The van der Waals surface area contributed by atoms with Crippen molar-refractivity contribution in [1.82, 2.24) is 0 Å². The molecule has 0 aromatic heterocycles. The maximum atomic E-state index is 11.4. The Kier molecular flexibility index (Phi) is 3.64. The molecule has 0 aliphatic heterocycles. The lowest BCUT2D eigenvalue weighted by Gasteiger charge is -2.06. The number of hydrogen-bond donors (Lipinski definition) is 1. The molecule has 0 aliphatic carbocycles. The molecule has 0 fully saturated rings. The molecule has 6 heteroatoms. The number of rotatable bonds is 3. The molecule has 0 spiro atoms. The number of azo groups is 1. The fraction of sp³-hybridized carbons (Fsp3) is 0.231. The van der Waals surface area contributed by atoms with E-state index in [-0.39, 0.29) is 10.9 Å². The molecular formula is C13H14N2O3S. The van der Waals surface area contributed by atoms with Crippen LogP contribution in [0.15, 0.2) is 51.5 Å². The van der Waals surface area contributed by atoms with Crippen molar-refractivity contribution in [3.63, 3.8) is 0 Å². The minimum atomic E-state index is -4.29. The third-order valence-electron chi connectivity index (χ3n) is 2.52. The summed E-state index contributed by atoms with van der Waals surface area (Å²) in [5.41, 5.74) is 0.430. The Morgan fingerprint density at radius 1 is 1.11 bits per heavy atom. The first-order chi connectivity index (χ1) is 8.89. The van der Waals surface area contributed by atoms with Crippen LogP contribution >= 0.6 is 0 Å². The minimum absolute atomic E-state index is 0.00755. The summed E-state index contributed by atoms with van der Waals surface area (Å²) in [6.45, 7) is 3.75. The van der Waals surface area contributed by atoms with Crippen molar-refractivity contribution in [1.29, 1.82) is 0 Å². The lowest BCUT2D eigenvalue weighted by atomic mass is 10.1. The van der Waals surface area contributed by atoms with Crippen LogP contribution in [0.1, 0.15) is 13.8 Å². The molecule has 0 heterocycles. The monoisotopic (exact) mass is 278 g/mol. The van der Waals surface area contributed by atoms with Crippen molar-refractivity contribution in [2.24, 2.45) is 10.2 Å². The van der Waals surface area contributed by atoms with Gasteiger partial charge in [-0.3, -0.25) is 4.55 Å². The van der Waals surface area contributed by atoms with Crippen molar-refractivity contribution in [2.75, 3.05) is 0 Å². The molecule has 0 bridgehead atoms. The maximum absolute atomic E-state index is 11.4. The van der Waals surface area contributed by atoms with E-state index in [1.54, 1.807) is 30.3 Å². The quantitative estimate of drug-likeness (QED) is 0.688. The fourth-order valence-electron chi connectivity index (χ4n) is 1.76. The standard InChI is InChI=1S/C13H14N2O3S/c1-9(2)14-15-11-7-3-5-10-6-4-8-12(13(10)11)19(16,17)18/h3-9H,1-2H3,(H,16,17,18). The third-order valence-corrected chi connectivity index (χ3v) is 3.41. The molecule has 0 saturated heterocycles. The third kappa shape index (κ3) is 2.97. The molecule has 0 unspecified atom stereocenters. The molecule has 5 nitrogen and oxygen atoms in total. The van der Waals surface area contributed by atoms with Crippen molar-refractivity contribution in [2.45, 2.75) is 24.8 Å². The van der Waals surface area contributed by atoms with E-state index in [4.69, 9.17) is 0 Å². The van der Waals surface area contributed by atoms with Crippen LogP contribution in [-0.2, 0) is 10.1 Å². The molecular weight excluding hydrogens is 264 g/mol. The second-order valence-corrected chi connectivity index (χ2v) is 5.81. The first kappa shape index (κ1) is 13.6. The lowest BCUT2D eigenvalue weighted by molar-refractivity contribution is 0.484. The summed E-state index contributed by atoms with van der Waals surface area (Å²) < 4.78 is 32.1. The summed E-state index contributed by atoms with van der Waals surface area (Å²) in [4.78, 5) is -0.150. The van der Waals surface area contributed by atoms with Crippen LogP contribution in [0.5, 0.6) is 0 Å². The van der Waals surface area contributed by atoms with Gasteiger partial charge in [0.15, 0.2) is 0 Å². The van der Waals surface area contributed by atoms with Gasteiger partial charge in [-0.05, 0) is 31.4 Å². The van der Waals surface area contributed by atoms with Crippen LogP contribution in [0, 0.1) is 0 Å². The topological polar surface area (TPSA) is 79.1 Å². The van der Waals surface area contributed by atoms with Gasteiger partial charge in [-0.1, -0.05) is 24.3 Å². The molecule has 0 radical (unpaired) electrons. The van der Waals surface area contributed by atoms with E-state index >= 15 is 0 Å². The van der Waals surface area contributed by atoms with Gasteiger partial charge >= 0.3 is 0 Å². The minimum Gasteiger partial charge on any atom is -0.282 e. The predicted molar refractivity (Wildman–Crippen MR) is 73.4 cm³/mol. The Labute approximate surface area is 111 Å². The number of benzene rings is 2. The number of nitrogens with zero attached hydrogens (tertiary/aromatic N) is 2. The Bertz CT molecular complexity index is 731. The van der Waals surface area contributed by atoms with E-state index in [0.717, 1.165) is 0 Å². The molecule has 0 atom stereocenters. The van der Waals surface area contributed by atoms with E-state index in [1.807, 2.05) is 13.8 Å². The van der Waals surface area contributed by atoms with Crippen LogP contribution in [0.4, 0.5) is 5.69 Å². The zero-order chi connectivity index (χ0) is 14.0. The fourth-order valence-corrected chi connectivity index (χ4v) is 2.49. The summed E-state index contributed by atoms with van der Waals surface area (Å²) in [6, 6.07) is 9.90. The molecule has 19 heavy (non-hydrogen) atoms. The van der Waals surface area contributed by atoms with Gasteiger partial charge in [0.25, 0.3) is 10.1 Å². The van der Waals surface area contributed by atoms with E-state index in [9.17, 15) is 13.0 Å². The highest BCUT2D eigenvalue weighted by Gasteiger charge is 2.16. The predicted octanol–water partition coefficient (Wildman–Crippen LogP) is 3.58. The summed E-state index contributed by atoms with van der Waals surface area (Å²) >= 11 is 0. The van der Waals surface area contributed by atoms with Crippen LogP contribution < -0.4 is 0 Å². The average Bonchev–Trinajstić information content (AvgIpc) is 2.34. The highest BCUT2D eigenvalue weighted by atomic mass is 32.2. The SMILES string of the molecule is CC(C)N=Nc1cccc2cccc(S(=O)(=O)O)c12. The van der Waals surface area contributed by atoms with Crippen LogP contribution in [0.3, 0.4) is 0 Å². The average molecular weight is 278 g/mol. The number of fused-ring (bicyclic) bond motifs is 1. The zero-order valence-corrected chi connectivity index (χ0v) is 11.4. The first-order valence-corrected chi connectivity index (χ1v) is 7.23. The Morgan fingerprint density at radius 2 is 1.74 bits per heavy atom. The van der Waals surface area contributed by atoms with Crippen LogP contribution in [0.2, 0.25) is 0 Å². The van der Waals surface area contributed by atoms with Gasteiger partial charge in [0, 0.05) is 5.39 Å². The second-order valence-electron chi connectivity index (χ2n) is 4.42. The van der Waals surface area contributed by atoms with Gasteiger partial charge in [-0.15, -0.1) is 0 Å². The molecule has 2 aromatic rings. The summed E-state index contributed by atoms with van der Waals surface area (Å²) in [5.74, 6) is 0. The lowest BCUT2D eigenvalue weighted by Crippen LogP contribution is -1.99. The normalized spacial score (nSPS) is 12.6. The van der Waals surface area contributed by atoms with Crippen molar-refractivity contribution < 1.29 is 13.0 Å². The van der Waals surface area contributed by atoms with E-state index in [1.165, 1.54) is 6.07 Å².